The molecule has 0 atom stereocenters. The van der Waals surface area contributed by atoms with Crippen LogP contribution in [0.4, 0.5) is 10.1 Å². The minimum atomic E-state index is -0.591. The van der Waals surface area contributed by atoms with Crippen molar-refractivity contribution in [3.05, 3.63) is 63.4 Å². The van der Waals surface area contributed by atoms with E-state index in [9.17, 15) is 9.18 Å². The SMILES string of the molecule is N#Cc1c(F)cccc1NCCNC(=O)c1cc(Cl)ccc1Cl. The van der Waals surface area contributed by atoms with Crippen molar-refractivity contribution < 1.29 is 9.18 Å². The van der Waals surface area contributed by atoms with Crippen LogP contribution in [-0.4, -0.2) is 19.0 Å². The standard InChI is InChI=1S/C16H12Cl2FN3O/c17-10-4-5-13(18)11(8-10)16(23)22-7-6-21-15-3-1-2-14(19)12(15)9-20/h1-5,8,21H,6-7H2,(H,22,23). The molecule has 0 aromatic heterocycles. The lowest BCUT2D eigenvalue weighted by molar-refractivity contribution is 0.0955. The van der Waals surface area contributed by atoms with Gasteiger partial charge in [0.25, 0.3) is 5.91 Å². The Morgan fingerprint density at radius 1 is 1.22 bits per heavy atom. The van der Waals surface area contributed by atoms with Crippen LogP contribution in [0.3, 0.4) is 0 Å². The summed E-state index contributed by atoms with van der Waals surface area (Å²) in [4.78, 5) is 12.0. The van der Waals surface area contributed by atoms with Gasteiger partial charge in [-0.25, -0.2) is 4.39 Å². The van der Waals surface area contributed by atoms with Crippen molar-refractivity contribution in [3.63, 3.8) is 0 Å². The third-order valence-corrected chi connectivity index (χ3v) is 3.59. The molecule has 0 aliphatic carbocycles. The van der Waals surface area contributed by atoms with E-state index in [1.807, 2.05) is 0 Å². The van der Waals surface area contributed by atoms with Gasteiger partial charge in [-0.3, -0.25) is 4.79 Å². The summed E-state index contributed by atoms with van der Waals surface area (Å²) in [6, 6.07) is 10.7. The molecular formula is C16H12Cl2FN3O. The Labute approximate surface area is 142 Å². The van der Waals surface area contributed by atoms with Gasteiger partial charge >= 0.3 is 0 Å². The second-order valence-corrected chi connectivity index (χ2v) is 5.42. The molecule has 0 heterocycles. The van der Waals surface area contributed by atoms with Gasteiger partial charge < -0.3 is 10.6 Å². The zero-order valence-electron chi connectivity index (χ0n) is 11.9. The molecule has 7 heteroatoms. The summed E-state index contributed by atoms with van der Waals surface area (Å²) < 4.78 is 13.4. The average Bonchev–Trinajstić information content (AvgIpc) is 2.53. The predicted molar refractivity (Wildman–Crippen MR) is 88.4 cm³/mol. The third kappa shape index (κ3) is 4.35. The topological polar surface area (TPSA) is 64.9 Å². The second kappa shape index (κ2) is 7.82. The van der Waals surface area contributed by atoms with Crippen molar-refractivity contribution in [2.75, 3.05) is 18.4 Å². The fraction of sp³-hybridized carbons (Fsp3) is 0.125. The van der Waals surface area contributed by atoms with Gasteiger partial charge in [0.05, 0.1) is 16.3 Å². The molecule has 1 amide bonds. The fourth-order valence-corrected chi connectivity index (χ4v) is 2.30. The monoisotopic (exact) mass is 351 g/mol. The number of nitriles is 1. The first-order valence-electron chi connectivity index (χ1n) is 6.68. The Balaban J connectivity index is 1.91. The Morgan fingerprint density at radius 3 is 2.74 bits per heavy atom. The first-order chi connectivity index (χ1) is 11.0. The molecule has 2 aromatic carbocycles. The molecule has 2 N–H and O–H groups in total. The normalized spacial score (nSPS) is 10.0. The van der Waals surface area contributed by atoms with Gasteiger partial charge in [-0.1, -0.05) is 29.3 Å². The molecule has 0 saturated carbocycles. The van der Waals surface area contributed by atoms with Crippen molar-refractivity contribution in [1.82, 2.24) is 5.32 Å². The molecule has 0 aliphatic rings. The summed E-state index contributed by atoms with van der Waals surface area (Å²) in [5.74, 6) is -0.953. The maximum absolute atomic E-state index is 13.4. The average molecular weight is 352 g/mol. The largest absolute Gasteiger partial charge is 0.382 e. The Hall–Kier alpha value is -2.29. The van der Waals surface area contributed by atoms with Crippen molar-refractivity contribution in [2.45, 2.75) is 0 Å². The van der Waals surface area contributed by atoms with Crippen LogP contribution in [0.2, 0.25) is 10.0 Å². The number of amides is 1. The van der Waals surface area contributed by atoms with Gasteiger partial charge in [0.2, 0.25) is 0 Å². The highest BCUT2D eigenvalue weighted by Crippen LogP contribution is 2.20. The number of rotatable bonds is 5. The highest BCUT2D eigenvalue weighted by atomic mass is 35.5. The quantitative estimate of drug-likeness (QED) is 0.804. The minimum absolute atomic E-state index is 0.0586. The van der Waals surface area contributed by atoms with E-state index in [0.29, 0.717) is 22.3 Å². The van der Waals surface area contributed by atoms with Crippen molar-refractivity contribution in [1.29, 1.82) is 5.26 Å². The highest BCUT2D eigenvalue weighted by molar-refractivity contribution is 6.35. The van der Waals surface area contributed by atoms with Crippen molar-refractivity contribution >= 4 is 34.8 Å². The number of nitrogens with zero attached hydrogens (tertiary/aromatic N) is 1. The Morgan fingerprint density at radius 2 is 2.00 bits per heavy atom. The van der Waals surface area contributed by atoms with Crippen LogP contribution in [0.5, 0.6) is 0 Å². The van der Waals surface area contributed by atoms with Gasteiger partial charge in [-0.05, 0) is 30.3 Å². The van der Waals surface area contributed by atoms with Crippen LogP contribution >= 0.6 is 23.2 Å². The lowest BCUT2D eigenvalue weighted by Gasteiger charge is -2.10. The van der Waals surface area contributed by atoms with E-state index in [0.717, 1.165) is 0 Å². The lowest BCUT2D eigenvalue weighted by Crippen LogP contribution is -2.29. The Kier molecular flexibility index (Phi) is 5.80. The summed E-state index contributed by atoms with van der Waals surface area (Å²) in [7, 11) is 0. The number of anilines is 1. The first kappa shape index (κ1) is 17.1. The van der Waals surface area contributed by atoms with Crippen molar-refractivity contribution in [3.8, 4) is 6.07 Å². The first-order valence-corrected chi connectivity index (χ1v) is 7.44. The minimum Gasteiger partial charge on any atom is -0.382 e. The van der Waals surface area contributed by atoms with Gasteiger partial charge in [0, 0.05) is 18.1 Å². The van der Waals surface area contributed by atoms with Crippen LogP contribution in [0.25, 0.3) is 0 Å². The maximum atomic E-state index is 13.4. The van der Waals surface area contributed by atoms with Crippen LogP contribution in [0, 0.1) is 17.1 Å². The van der Waals surface area contributed by atoms with E-state index in [1.54, 1.807) is 24.3 Å². The van der Waals surface area contributed by atoms with Gasteiger partial charge in [0.15, 0.2) is 0 Å². The molecule has 0 spiro atoms. The van der Waals surface area contributed by atoms with Crippen LogP contribution in [-0.2, 0) is 0 Å². The molecule has 118 valence electrons. The number of nitrogens with one attached hydrogen (secondary N) is 2. The summed E-state index contributed by atoms with van der Waals surface area (Å²) in [6.07, 6.45) is 0. The number of benzene rings is 2. The molecule has 23 heavy (non-hydrogen) atoms. The molecule has 0 radical (unpaired) electrons. The van der Waals surface area contributed by atoms with Gasteiger partial charge in [-0.2, -0.15) is 5.26 Å². The van der Waals surface area contributed by atoms with E-state index in [1.165, 1.54) is 18.2 Å². The summed E-state index contributed by atoms with van der Waals surface area (Å²) >= 11 is 11.8. The van der Waals surface area contributed by atoms with Gasteiger partial charge in [-0.15, -0.1) is 0 Å². The summed E-state index contributed by atoms with van der Waals surface area (Å²) in [6.45, 7) is 0.588. The zero-order valence-corrected chi connectivity index (χ0v) is 13.4. The van der Waals surface area contributed by atoms with E-state index in [4.69, 9.17) is 28.5 Å². The lowest BCUT2D eigenvalue weighted by atomic mass is 10.2. The molecule has 0 bridgehead atoms. The van der Waals surface area contributed by atoms with Gasteiger partial charge in [0.1, 0.15) is 17.4 Å². The summed E-state index contributed by atoms with van der Waals surface area (Å²) in [5.41, 5.74) is 0.599. The number of carbonyl (C=O) groups excluding carboxylic acids is 1. The highest BCUT2D eigenvalue weighted by Gasteiger charge is 2.11. The van der Waals surface area contributed by atoms with E-state index >= 15 is 0 Å². The molecule has 0 fully saturated rings. The number of carbonyl (C=O) groups is 1. The van der Waals surface area contributed by atoms with Crippen LogP contribution in [0.1, 0.15) is 15.9 Å². The molecule has 2 rings (SSSR count). The Bertz CT molecular complexity index is 774. The van der Waals surface area contributed by atoms with E-state index in [-0.39, 0.29) is 23.6 Å². The molecule has 0 aliphatic heterocycles. The van der Waals surface area contributed by atoms with E-state index < -0.39 is 5.82 Å². The summed E-state index contributed by atoms with van der Waals surface area (Å²) in [5, 5.41) is 15.2. The van der Waals surface area contributed by atoms with Crippen LogP contribution < -0.4 is 10.6 Å². The predicted octanol–water partition coefficient (Wildman–Crippen LogP) is 3.85. The smallest absolute Gasteiger partial charge is 0.252 e. The fourth-order valence-electron chi connectivity index (χ4n) is 1.93. The molecular weight excluding hydrogens is 340 g/mol. The number of hydrogen-bond donors (Lipinski definition) is 2. The molecule has 0 unspecified atom stereocenters. The zero-order chi connectivity index (χ0) is 16.8. The number of halogens is 3. The third-order valence-electron chi connectivity index (χ3n) is 3.02. The van der Waals surface area contributed by atoms with Crippen molar-refractivity contribution in [2.24, 2.45) is 0 Å². The molecule has 4 nitrogen and oxygen atoms in total. The van der Waals surface area contributed by atoms with E-state index in [2.05, 4.69) is 10.6 Å². The number of hydrogen-bond acceptors (Lipinski definition) is 3. The maximum Gasteiger partial charge on any atom is 0.252 e. The van der Waals surface area contributed by atoms with Crippen LogP contribution in [0.15, 0.2) is 36.4 Å². The second-order valence-electron chi connectivity index (χ2n) is 4.58. The molecule has 2 aromatic rings. The molecule has 0 saturated heterocycles.